The Morgan fingerprint density at radius 3 is 2.87 bits per heavy atom. The van der Waals surface area contributed by atoms with Crippen LogP contribution in [-0.2, 0) is 6.54 Å². The Labute approximate surface area is 132 Å². The van der Waals surface area contributed by atoms with Crippen LogP contribution in [0.5, 0.6) is 0 Å². The smallest absolute Gasteiger partial charge is 0.260 e. The molecule has 0 aliphatic heterocycles. The fraction of sp³-hybridized carbons (Fsp3) is 0.125. The largest absolute Gasteiger partial charge is 0.350 e. The number of aromatic nitrogens is 4. The third-order valence-electron chi connectivity index (χ3n) is 3.31. The van der Waals surface area contributed by atoms with Crippen molar-refractivity contribution in [2.24, 2.45) is 0 Å². The number of rotatable bonds is 5. The van der Waals surface area contributed by atoms with Crippen molar-refractivity contribution < 1.29 is 4.79 Å². The number of carbonyl (C=O) groups excluding carboxylic acids is 1. The topological polar surface area (TPSA) is 92.7 Å². The molecule has 0 bridgehead atoms. The molecule has 3 heterocycles. The molecule has 0 unspecified atom stereocenters. The number of nitrogens with one attached hydrogen (secondary N) is 2. The third kappa shape index (κ3) is 3.34. The highest BCUT2D eigenvalue weighted by atomic mass is 16.2. The fourth-order valence-electron chi connectivity index (χ4n) is 2.20. The first-order chi connectivity index (χ1) is 11.3. The van der Waals surface area contributed by atoms with E-state index >= 15 is 0 Å². The Morgan fingerprint density at radius 1 is 1.17 bits per heavy atom. The van der Waals surface area contributed by atoms with E-state index in [4.69, 9.17) is 0 Å². The quantitative estimate of drug-likeness (QED) is 0.737. The van der Waals surface area contributed by atoms with Gasteiger partial charge < -0.3 is 14.9 Å². The van der Waals surface area contributed by atoms with Gasteiger partial charge in [-0.05, 0) is 24.3 Å². The molecule has 3 aromatic heterocycles. The summed E-state index contributed by atoms with van der Waals surface area (Å²) < 4.78 is 1.90. The van der Waals surface area contributed by atoms with Crippen molar-refractivity contribution in [1.82, 2.24) is 24.8 Å². The molecular formula is C16H15N5O2. The Hall–Kier alpha value is -3.22. The lowest BCUT2D eigenvalue weighted by Gasteiger charge is -2.08. The first-order valence-corrected chi connectivity index (χ1v) is 7.14. The first-order valence-electron chi connectivity index (χ1n) is 7.14. The highest BCUT2D eigenvalue weighted by molar-refractivity contribution is 5.93. The van der Waals surface area contributed by atoms with E-state index in [-0.39, 0.29) is 5.56 Å². The minimum absolute atomic E-state index is 0.100. The highest BCUT2D eigenvalue weighted by Gasteiger charge is 2.10. The van der Waals surface area contributed by atoms with E-state index in [9.17, 15) is 9.59 Å². The lowest BCUT2D eigenvalue weighted by atomic mass is 10.2. The van der Waals surface area contributed by atoms with Crippen molar-refractivity contribution >= 4 is 5.91 Å². The number of nitrogens with zero attached hydrogens (tertiary/aromatic N) is 3. The number of carbonyl (C=O) groups is 1. The molecule has 2 N–H and O–H groups in total. The zero-order valence-corrected chi connectivity index (χ0v) is 12.3. The van der Waals surface area contributed by atoms with E-state index in [1.165, 1.54) is 12.3 Å². The number of hydrogen-bond donors (Lipinski definition) is 2. The van der Waals surface area contributed by atoms with E-state index < -0.39 is 11.5 Å². The van der Waals surface area contributed by atoms with E-state index in [0.29, 0.717) is 13.1 Å². The minimum atomic E-state index is -0.401. The SMILES string of the molecule is O=C(NCCn1ccnc1-c1ccccn1)c1ccc[nH]c1=O. The van der Waals surface area contributed by atoms with Crippen molar-refractivity contribution in [2.75, 3.05) is 6.54 Å². The highest BCUT2D eigenvalue weighted by Crippen LogP contribution is 2.13. The van der Waals surface area contributed by atoms with Crippen molar-refractivity contribution in [3.05, 3.63) is 71.0 Å². The average molecular weight is 309 g/mol. The Kier molecular flexibility index (Phi) is 4.28. The van der Waals surface area contributed by atoms with E-state index in [1.54, 1.807) is 18.5 Å². The van der Waals surface area contributed by atoms with Gasteiger partial charge in [0.2, 0.25) is 0 Å². The van der Waals surface area contributed by atoms with Crippen LogP contribution in [0.25, 0.3) is 11.5 Å². The van der Waals surface area contributed by atoms with Crippen molar-refractivity contribution in [3.8, 4) is 11.5 Å². The lowest BCUT2D eigenvalue weighted by Crippen LogP contribution is -2.31. The van der Waals surface area contributed by atoms with Gasteiger partial charge >= 0.3 is 0 Å². The zero-order valence-electron chi connectivity index (χ0n) is 12.3. The van der Waals surface area contributed by atoms with Crippen LogP contribution in [0.4, 0.5) is 0 Å². The monoisotopic (exact) mass is 309 g/mol. The molecule has 3 rings (SSSR count). The molecule has 0 saturated heterocycles. The molecular weight excluding hydrogens is 294 g/mol. The van der Waals surface area contributed by atoms with Crippen LogP contribution in [0.15, 0.2) is 59.9 Å². The maximum atomic E-state index is 12.0. The number of amides is 1. The van der Waals surface area contributed by atoms with Gasteiger partial charge in [0.05, 0.1) is 0 Å². The average Bonchev–Trinajstić information content (AvgIpc) is 3.04. The number of imidazole rings is 1. The molecule has 0 aliphatic carbocycles. The van der Waals surface area contributed by atoms with Crippen LogP contribution in [0.2, 0.25) is 0 Å². The zero-order chi connectivity index (χ0) is 16.1. The second-order valence-electron chi connectivity index (χ2n) is 4.83. The van der Waals surface area contributed by atoms with Gasteiger partial charge in [-0.3, -0.25) is 14.6 Å². The number of pyridine rings is 2. The molecule has 7 heteroatoms. The van der Waals surface area contributed by atoms with Crippen LogP contribution in [0, 0.1) is 0 Å². The van der Waals surface area contributed by atoms with Gasteiger partial charge in [-0.2, -0.15) is 0 Å². The first kappa shape index (κ1) is 14.7. The van der Waals surface area contributed by atoms with Crippen molar-refractivity contribution in [1.29, 1.82) is 0 Å². The van der Waals surface area contributed by atoms with Gasteiger partial charge in [-0.25, -0.2) is 4.98 Å². The summed E-state index contributed by atoms with van der Waals surface area (Å²) in [4.78, 5) is 34.6. The lowest BCUT2D eigenvalue weighted by molar-refractivity contribution is 0.0951. The van der Waals surface area contributed by atoms with Gasteiger partial charge in [0, 0.05) is 37.9 Å². The summed E-state index contributed by atoms with van der Waals surface area (Å²) in [6.45, 7) is 0.908. The van der Waals surface area contributed by atoms with Crippen LogP contribution < -0.4 is 10.9 Å². The molecule has 0 aromatic carbocycles. The standard InChI is InChI=1S/C16H15N5O2/c22-15-12(4-3-7-19-15)16(23)20-9-11-21-10-8-18-14(21)13-5-1-2-6-17-13/h1-8,10H,9,11H2,(H,19,22)(H,20,23). The molecule has 116 valence electrons. The molecule has 0 saturated carbocycles. The molecule has 0 aliphatic rings. The molecule has 0 atom stereocenters. The predicted octanol–water partition coefficient (Wildman–Crippen LogP) is 1.06. The second-order valence-corrected chi connectivity index (χ2v) is 4.83. The van der Waals surface area contributed by atoms with Crippen LogP contribution >= 0.6 is 0 Å². The Morgan fingerprint density at radius 2 is 2.09 bits per heavy atom. The molecule has 7 nitrogen and oxygen atoms in total. The maximum absolute atomic E-state index is 12.0. The number of aromatic amines is 1. The number of hydrogen-bond acceptors (Lipinski definition) is 4. The van der Waals surface area contributed by atoms with Gasteiger partial charge in [0.15, 0.2) is 5.82 Å². The van der Waals surface area contributed by atoms with Gasteiger partial charge in [-0.1, -0.05) is 6.07 Å². The maximum Gasteiger partial charge on any atom is 0.260 e. The van der Waals surface area contributed by atoms with E-state index in [1.807, 2.05) is 29.0 Å². The molecule has 1 amide bonds. The van der Waals surface area contributed by atoms with Crippen LogP contribution in [0.3, 0.4) is 0 Å². The summed E-state index contributed by atoms with van der Waals surface area (Å²) in [5, 5.41) is 2.73. The summed E-state index contributed by atoms with van der Waals surface area (Å²) in [6.07, 6.45) is 6.71. The molecule has 3 aromatic rings. The van der Waals surface area contributed by atoms with Gasteiger partial charge in [0.1, 0.15) is 11.3 Å². The van der Waals surface area contributed by atoms with Crippen LogP contribution in [0.1, 0.15) is 10.4 Å². The van der Waals surface area contributed by atoms with Crippen molar-refractivity contribution in [3.63, 3.8) is 0 Å². The normalized spacial score (nSPS) is 10.4. The van der Waals surface area contributed by atoms with Crippen LogP contribution in [-0.4, -0.2) is 32.0 Å². The molecule has 0 fully saturated rings. The van der Waals surface area contributed by atoms with Gasteiger partial charge in [0.25, 0.3) is 11.5 Å². The van der Waals surface area contributed by atoms with Crippen molar-refractivity contribution in [2.45, 2.75) is 6.54 Å². The molecule has 0 radical (unpaired) electrons. The summed E-state index contributed by atoms with van der Waals surface area (Å²) in [6, 6.07) is 8.72. The number of H-pyrrole nitrogens is 1. The summed E-state index contributed by atoms with van der Waals surface area (Å²) in [5.74, 6) is 0.337. The van der Waals surface area contributed by atoms with E-state index in [2.05, 4.69) is 20.3 Å². The minimum Gasteiger partial charge on any atom is -0.350 e. The Balaban J connectivity index is 1.64. The summed E-state index contributed by atoms with van der Waals surface area (Å²) >= 11 is 0. The Bertz CT molecular complexity index is 854. The molecule has 0 spiro atoms. The summed E-state index contributed by atoms with van der Waals surface area (Å²) in [5.41, 5.74) is 0.466. The molecule has 23 heavy (non-hydrogen) atoms. The summed E-state index contributed by atoms with van der Waals surface area (Å²) in [7, 11) is 0. The predicted molar refractivity (Wildman–Crippen MR) is 84.9 cm³/mol. The van der Waals surface area contributed by atoms with E-state index in [0.717, 1.165) is 11.5 Å². The fourth-order valence-corrected chi connectivity index (χ4v) is 2.20. The third-order valence-corrected chi connectivity index (χ3v) is 3.31. The second kappa shape index (κ2) is 6.69. The van der Waals surface area contributed by atoms with Gasteiger partial charge in [-0.15, -0.1) is 0 Å².